The molecule has 5 heteroatoms. The molecular weight excluding hydrogens is 220 g/mol. The molecule has 1 rings (SSSR count). The zero-order valence-corrected chi connectivity index (χ0v) is 10.7. The van der Waals surface area contributed by atoms with Gasteiger partial charge in [-0.1, -0.05) is 13.8 Å². The largest absolute Gasteiger partial charge is 0.480 e. The van der Waals surface area contributed by atoms with Crippen molar-refractivity contribution in [2.45, 2.75) is 51.6 Å². The molecule has 0 aromatic rings. The Hall–Kier alpha value is -1.10. The van der Waals surface area contributed by atoms with E-state index in [1.165, 1.54) is 0 Å². The number of hydrogen-bond donors (Lipinski definition) is 3. The SMILES string of the molecule is CC(C)C[C@H](N)C(=O)NC(C)(C(=O)O)C1CC1. The van der Waals surface area contributed by atoms with Gasteiger partial charge in [-0.3, -0.25) is 4.79 Å². The molecule has 1 aliphatic rings. The third kappa shape index (κ3) is 3.43. The summed E-state index contributed by atoms with van der Waals surface area (Å²) in [6, 6.07) is -0.632. The highest BCUT2D eigenvalue weighted by atomic mass is 16.4. The van der Waals surface area contributed by atoms with E-state index in [1.54, 1.807) is 6.92 Å². The number of hydrogen-bond acceptors (Lipinski definition) is 3. The first kappa shape index (κ1) is 14.0. The van der Waals surface area contributed by atoms with Crippen LogP contribution in [0.1, 0.15) is 40.0 Å². The first-order valence-electron chi connectivity index (χ1n) is 6.08. The van der Waals surface area contributed by atoms with Crippen LogP contribution in [0.2, 0.25) is 0 Å². The molecule has 1 aliphatic carbocycles. The van der Waals surface area contributed by atoms with Crippen molar-refractivity contribution in [1.82, 2.24) is 5.32 Å². The van der Waals surface area contributed by atoms with Crippen LogP contribution in [0, 0.1) is 11.8 Å². The minimum Gasteiger partial charge on any atom is -0.480 e. The van der Waals surface area contributed by atoms with Crippen LogP contribution in [-0.4, -0.2) is 28.6 Å². The van der Waals surface area contributed by atoms with Crippen LogP contribution < -0.4 is 11.1 Å². The van der Waals surface area contributed by atoms with Gasteiger partial charge in [0.15, 0.2) is 0 Å². The van der Waals surface area contributed by atoms with Gasteiger partial charge in [-0.15, -0.1) is 0 Å². The first-order chi connectivity index (χ1) is 7.77. The molecule has 1 fully saturated rings. The van der Waals surface area contributed by atoms with Crippen molar-refractivity contribution < 1.29 is 14.7 Å². The Labute approximate surface area is 102 Å². The highest BCUT2D eigenvalue weighted by molar-refractivity contribution is 5.89. The van der Waals surface area contributed by atoms with Crippen LogP contribution >= 0.6 is 0 Å². The van der Waals surface area contributed by atoms with Gasteiger partial charge in [0.25, 0.3) is 0 Å². The van der Waals surface area contributed by atoms with Crippen LogP contribution in [0.5, 0.6) is 0 Å². The molecule has 0 aromatic heterocycles. The van der Waals surface area contributed by atoms with Crippen molar-refractivity contribution in [3.63, 3.8) is 0 Å². The van der Waals surface area contributed by atoms with Gasteiger partial charge in [-0.25, -0.2) is 4.79 Å². The van der Waals surface area contributed by atoms with Gasteiger partial charge < -0.3 is 16.2 Å². The molecule has 1 unspecified atom stereocenters. The summed E-state index contributed by atoms with van der Waals surface area (Å²) in [5.41, 5.74) is 4.58. The Kier molecular flexibility index (Phi) is 4.14. The lowest BCUT2D eigenvalue weighted by Crippen LogP contribution is -2.58. The fourth-order valence-corrected chi connectivity index (χ4v) is 1.95. The number of aliphatic carboxylic acids is 1. The molecular formula is C12H22N2O3. The highest BCUT2D eigenvalue weighted by Crippen LogP contribution is 2.39. The minimum absolute atomic E-state index is 0.0372. The van der Waals surface area contributed by atoms with E-state index >= 15 is 0 Å². The smallest absolute Gasteiger partial charge is 0.329 e. The van der Waals surface area contributed by atoms with Gasteiger partial charge >= 0.3 is 5.97 Å². The molecule has 0 aromatic carbocycles. The highest BCUT2D eigenvalue weighted by Gasteiger charge is 2.48. The Morgan fingerprint density at radius 3 is 2.35 bits per heavy atom. The lowest BCUT2D eigenvalue weighted by atomic mass is 9.94. The predicted octanol–water partition coefficient (Wildman–Crippen LogP) is 0.729. The average Bonchev–Trinajstić information content (AvgIpc) is 2.98. The molecule has 1 saturated carbocycles. The molecule has 5 nitrogen and oxygen atoms in total. The molecule has 0 bridgehead atoms. The maximum Gasteiger partial charge on any atom is 0.329 e. The number of rotatable bonds is 6. The molecule has 4 N–H and O–H groups in total. The lowest BCUT2D eigenvalue weighted by molar-refractivity contribution is -0.148. The van der Waals surface area contributed by atoms with E-state index in [9.17, 15) is 14.7 Å². The standard InChI is InChI=1S/C12H22N2O3/c1-7(2)6-9(13)10(15)14-12(3,11(16)17)8-4-5-8/h7-9H,4-6,13H2,1-3H3,(H,14,15)(H,16,17)/t9-,12?/m0/s1. The van der Waals surface area contributed by atoms with E-state index in [-0.39, 0.29) is 11.8 Å². The van der Waals surface area contributed by atoms with Crippen LogP contribution in [0.3, 0.4) is 0 Å². The number of amides is 1. The first-order valence-corrected chi connectivity index (χ1v) is 6.08. The van der Waals surface area contributed by atoms with E-state index in [0.717, 1.165) is 12.8 Å². The van der Waals surface area contributed by atoms with E-state index < -0.39 is 17.6 Å². The molecule has 0 aliphatic heterocycles. The molecule has 98 valence electrons. The molecule has 1 amide bonds. The minimum atomic E-state index is -1.16. The molecule has 17 heavy (non-hydrogen) atoms. The van der Waals surface area contributed by atoms with Gasteiger partial charge in [-0.05, 0) is 38.0 Å². The third-order valence-corrected chi connectivity index (χ3v) is 3.28. The zero-order chi connectivity index (χ0) is 13.2. The number of carbonyl (C=O) groups excluding carboxylic acids is 1. The second-order valence-electron chi connectivity index (χ2n) is 5.51. The lowest BCUT2D eigenvalue weighted by Gasteiger charge is -2.28. The summed E-state index contributed by atoms with van der Waals surface area (Å²) in [6.45, 7) is 5.52. The van der Waals surface area contributed by atoms with Crippen molar-refractivity contribution in [2.24, 2.45) is 17.6 Å². The normalized spacial score (nSPS) is 20.8. The number of nitrogens with one attached hydrogen (secondary N) is 1. The second-order valence-corrected chi connectivity index (χ2v) is 5.51. The van der Waals surface area contributed by atoms with Gasteiger partial charge in [0.2, 0.25) is 5.91 Å². The Balaban J connectivity index is 2.61. The fourth-order valence-electron chi connectivity index (χ4n) is 1.95. The summed E-state index contributed by atoms with van der Waals surface area (Å²) in [6.07, 6.45) is 2.26. The summed E-state index contributed by atoms with van der Waals surface area (Å²) in [4.78, 5) is 23.1. The fraction of sp³-hybridized carbons (Fsp3) is 0.833. The summed E-state index contributed by atoms with van der Waals surface area (Å²) in [5, 5.41) is 11.8. The maximum atomic E-state index is 11.8. The quantitative estimate of drug-likeness (QED) is 0.640. The molecule has 0 saturated heterocycles. The number of carbonyl (C=O) groups is 2. The van der Waals surface area contributed by atoms with Crippen molar-refractivity contribution in [3.05, 3.63) is 0 Å². The number of carboxylic acids is 1. The molecule has 0 heterocycles. The maximum absolute atomic E-state index is 11.8. The summed E-state index contributed by atoms with van der Waals surface area (Å²) >= 11 is 0. The van der Waals surface area contributed by atoms with Crippen LogP contribution in [0.25, 0.3) is 0 Å². The predicted molar refractivity (Wildman–Crippen MR) is 64.3 cm³/mol. The number of carboxylic acid groups (broad SMARTS) is 1. The van der Waals surface area contributed by atoms with E-state index in [2.05, 4.69) is 5.32 Å². The third-order valence-electron chi connectivity index (χ3n) is 3.28. The van der Waals surface area contributed by atoms with Gasteiger partial charge in [0.1, 0.15) is 5.54 Å². The Bertz CT molecular complexity index is 313. The van der Waals surface area contributed by atoms with E-state index in [1.807, 2.05) is 13.8 Å². The van der Waals surface area contributed by atoms with E-state index in [0.29, 0.717) is 12.3 Å². The Morgan fingerprint density at radius 1 is 1.47 bits per heavy atom. The van der Waals surface area contributed by atoms with Crippen LogP contribution in [-0.2, 0) is 9.59 Å². The second kappa shape index (κ2) is 5.04. The van der Waals surface area contributed by atoms with Crippen molar-refractivity contribution in [2.75, 3.05) is 0 Å². The van der Waals surface area contributed by atoms with Gasteiger partial charge in [0.05, 0.1) is 6.04 Å². The average molecular weight is 242 g/mol. The van der Waals surface area contributed by atoms with E-state index in [4.69, 9.17) is 5.73 Å². The summed E-state index contributed by atoms with van der Waals surface area (Å²) in [7, 11) is 0. The van der Waals surface area contributed by atoms with Gasteiger partial charge in [-0.2, -0.15) is 0 Å². The molecule has 0 radical (unpaired) electrons. The summed E-state index contributed by atoms with van der Waals surface area (Å²) in [5.74, 6) is -0.997. The van der Waals surface area contributed by atoms with Crippen molar-refractivity contribution >= 4 is 11.9 Å². The van der Waals surface area contributed by atoms with Crippen LogP contribution in [0.4, 0.5) is 0 Å². The topological polar surface area (TPSA) is 92.4 Å². The Morgan fingerprint density at radius 2 is 2.00 bits per heavy atom. The van der Waals surface area contributed by atoms with Gasteiger partial charge in [0, 0.05) is 0 Å². The molecule has 0 spiro atoms. The van der Waals surface area contributed by atoms with Crippen molar-refractivity contribution in [1.29, 1.82) is 0 Å². The summed E-state index contributed by atoms with van der Waals surface area (Å²) < 4.78 is 0. The monoisotopic (exact) mass is 242 g/mol. The zero-order valence-electron chi connectivity index (χ0n) is 10.7. The van der Waals surface area contributed by atoms with Crippen molar-refractivity contribution in [3.8, 4) is 0 Å². The molecule has 2 atom stereocenters. The number of nitrogens with two attached hydrogens (primary N) is 1. The van der Waals surface area contributed by atoms with Crippen LogP contribution in [0.15, 0.2) is 0 Å².